The number of hydrogen-bond donors (Lipinski definition) is 0. The second kappa shape index (κ2) is 5.04. The van der Waals surface area contributed by atoms with E-state index in [0.29, 0.717) is 0 Å². The molecular formula is C14H17NO2. The molecule has 2 rings (SSSR count). The third kappa shape index (κ3) is 2.33. The number of benzene rings is 1. The molecule has 3 nitrogen and oxygen atoms in total. The maximum absolute atomic E-state index is 5.39. The maximum atomic E-state index is 5.39. The van der Waals surface area contributed by atoms with Crippen LogP contribution in [0.2, 0.25) is 0 Å². The zero-order chi connectivity index (χ0) is 12.3. The lowest BCUT2D eigenvalue weighted by Crippen LogP contribution is -2.11. The van der Waals surface area contributed by atoms with Crippen LogP contribution in [0.4, 0.5) is 0 Å². The quantitative estimate of drug-likeness (QED) is 0.797. The van der Waals surface area contributed by atoms with Gasteiger partial charge in [0.2, 0.25) is 0 Å². The highest BCUT2D eigenvalue weighted by atomic mass is 16.6. The molecule has 0 N–H and O–H groups in total. The zero-order valence-corrected chi connectivity index (χ0v) is 10.3. The van der Waals surface area contributed by atoms with Gasteiger partial charge in [0.1, 0.15) is 11.5 Å². The first kappa shape index (κ1) is 11.7. The van der Waals surface area contributed by atoms with E-state index in [0.717, 1.165) is 35.4 Å². The van der Waals surface area contributed by atoms with Crippen LogP contribution in [0.25, 0.3) is 0 Å². The van der Waals surface area contributed by atoms with Crippen LogP contribution < -0.4 is 4.74 Å². The monoisotopic (exact) mass is 231 g/mol. The van der Waals surface area contributed by atoms with Gasteiger partial charge in [0.05, 0.1) is 7.11 Å². The molecule has 17 heavy (non-hydrogen) atoms. The molecule has 0 saturated heterocycles. The maximum Gasteiger partial charge on any atom is 0.154 e. The van der Waals surface area contributed by atoms with Crippen molar-refractivity contribution in [3.63, 3.8) is 0 Å². The first-order valence-electron chi connectivity index (χ1n) is 5.83. The minimum Gasteiger partial charge on any atom is -0.497 e. The largest absolute Gasteiger partial charge is 0.497 e. The molecule has 1 heterocycles. The van der Waals surface area contributed by atoms with Crippen molar-refractivity contribution >= 4 is 5.71 Å². The van der Waals surface area contributed by atoms with Gasteiger partial charge in [0.25, 0.3) is 0 Å². The van der Waals surface area contributed by atoms with E-state index in [-0.39, 0.29) is 6.10 Å². The summed E-state index contributed by atoms with van der Waals surface area (Å²) in [5.41, 5.74) is 2.84. The zero-order valence-electron chi connectivity index (χ0n) is 10.3. The van der Waals surface area contributed by atoms with Crippen molar-refractivity contribution in [2.24, 2.45) is 5.16 Å². The van der Waals surface area contributed by atoms with Crippen molar-refractivity contribution in [3.8, 4) is 5.75 Å². The van der Waals surface area contributed by atoms with E-state index in [9.17, 15) is 0 Å². The fraction of sp³-hybridized carbons (Fsp3) is 0.357. The Hall–Kier alpha value is -1.77. The summed E-state index contributed by atoms with van der Waals surface area (Å²) in [6.45, 7) is 6.19. The molecule has 0 amide bonds. The Labute approximate surface area is 102 Å². The smallest absolute Gasteiger partial charge is 0.154 e. The highest BCUT2D eigenvalue weighted by Crippen LogP contribution is 2.25. The van der Waals surface area contributed by atoms with E-state index in [2.05, 4.69) is 18.7 Å². The lowest BCUT2D eigenvalue weighted by atomic mass is 9.98. The molecule has 0 saturated carbocycles. The standard InChI is InChI=1S/C14H17NO2/c1-4-5-13-10(2)14(15-17-13)11-6-8-12(16-3)9-7-11/h6-9,13H,2,4-5H2,1,3H3. The van der Waals surface area contributed by atoms with Gasteiger partial charge in [-0.3, -0.25) is 0 Å². The molecule has 1 aromatic rings. The molecule has 1 atom stereocenters. The highest BCUT2D eigenvalue weighted by Gasteiger charge is 2.25. The minimum absolute atomic E-state index is 0.0390. The number of rotatable bonds is 4. The van der Waals surface area contributed by atoms with Gasteiger partial charge in [0, 0.05) is 11.1 Å². The Morgan fingerprint density at radius 2 is 2.06 bits per heavy atom. The van der Waals surface area contributed by atoms with Crippen molar-refractivity contribution < 1.29 is 9.57 Å². The summed E-state index contributed by atoms with van der Waals surface area (Å²) < 4.78 is 5.12. The average molecular weight is 231 g/mol. The molecule has 0 spiro atoms. The molecule has 3 heteroatoms. The molecule has 1 aliphatic rings. The van der Waals surface area contributed by atoms with Crippen LogP contribution in [0, 0.1) is 0 Å². The molecular weight excluding hydrogens is 214 g/mol. The second-order valence-corrected chi connectivity index (χ2v) is 4.08. The third-order valence-corrected chi connectivity index (χ3v) is 2.88. The van der Waals surface area contributed by atoms with Crippen molar-refractivity contribution in [1.82, 2.24) is 0 Å². The number of hydrogen-bond acceptors (Lipinski definition) is 3. The molecule has 0 bridgehead atoms. The van der Waals surface area contributed by atoms with E-state index in [1.807, 2.05) is 24.3 Å². The molecule has 0 radical (unpaired) electrons. The van der Waals surface area contributed by atoms with Crippen molar-refractivity contribution in [2.45, 2.75) is 25.9 Å². The van der Waals surface area contributed by atoms with E-state index in [1.165, 1.54) is 0 Å². The van der Waals surface area contributed by atoms with Gasteiger partial charge in [-0.25, -0.2) is 0 Å². The SMILES string of the molecule is C=C1C(c2ccc(OC)cc2)=NOC1CCC. The third-order valence-electron chi connectivity index (χ3n) is 2.88. The average Bonchev–Trinajstić information content (AvgIpc) is 2.72. The summed E-state index contributed by atoms with van der Waals surface area (Å²) >= 11 is 0. The van der Waals surface area contributed by atoms with E-state index in [4.69, 9.17) is 9.57 Å². The fourth-order valence-corrected chi connectivity index (χ4v) is 1.87. The van der Waals surface area contributed by atoms with E-state index >= 15 is 0 Å². The van der Waals surface area contributed by atoms with Crippen LogP contribution in [-0.2, 0) is 4.84 Å². The minimum atomic E-state index is 0.0390. The lowest BCUT2D eigenvalue weighted by molar-refractivity contribution is 0.0976. The van der Waals surface area contributed by atoms with Gasteiger partial charge in [-0.15, -0.1) is 0 Å². The molecule has 1 aromatic carbocycles. The van der Waals surface area contributed by atoms with Gasteiger partial charge >= 0.3 is 0 Å². The normalized spacial score (nSPS) is 18.8. The van der Waals surface area contributed by atoms with Gasteiger partial charge in [-0.1, -0.05) is 25.1 Å². The second-order valence-electron chi connectivity index (χ2n) is 4.08. The summed E-state index contributed by atoms with van der Waals surface area (Å²) in [6.07, 6.45) is 2.06. The van der Waals surface area contributed by atoms with Crippen LogP contribution in [0.1, 0.15) is 25.3 Å². The lowest BCUT2D eigenvalue weighted by Gasteiger charge is -2.08. The van der Waals surface area contributed by atoms with Crippen molar-refractivity contribution in [2.75, 3.05) is 7.11 Å². The highest BCUT2D eigenvalue weighted by molar-refractivity contribution is 6.13. The van der Waals surface area contributed by atoms with E-state index < -0.39 is 0 Å². The summed E-state index contributed by atoms with van der Waals surface area (Å²) in [7, 11) is 1.65. The molecule has 0 aromatic heterocycles. The van der Waals surface area contributed by atoms with Gasteiger partial charge < -0.3 is 9.57 Å². The van der Waals surface area contributed by atoms with Crippen LogP contribution >= 0.6 is 0 Å². The van der Waals surface area contributed by atoms with Crippen LogP contribution in [0.5, 0.6) is 5.75 Å². The molecule has 0 fully saturated rings. The number of nitrogens with zero attached hydrogens (tertiary/aromatic N) is 1. The topological polar surface area (TPSA) is 30.8 Å². The van der Waals surface area contributed by atoms with Crippen molar-refractivity contribution in [3.05, 3.63) is 42.0 Å². The Balaban J connectivity index is 2.15. The van der Waals surface area contributed by atoms with Gasteiger partial charge in [-0.2, -0.15) is 0 Å². The van der Waals surface area contributed by atoms with Crippen LogP contribution in [0.3, 0.4) is 0 Å². The number of methoxy groups -OCH3 is 1. The van der Waals surface area contributed by atoms with Crippen LogP contribution in [-0.4, -0.2) is 18.9 Å². The fourth-order valence-electron chi connectivity index (χ4n) is 1.87. The number of oxime groups is 1. The van der Waals surface area contributed by atoms with Crippen molar-refractivity contribution in [1.29, 1.82) is 0 Å². The summed E-state index contributed by atoms with van der Waals surface area (Å²) in [5, 5.41) is 4.12. The molecule has 0 aliphatic carbocycles. The summed E-state index contributed by atoms with van der Waals surface area (Å²) in [5.74, 6) is 0.837. The molecule has 1 aliphatic heterocycles. The predicted octanol–water partition coefficient (Wildman–Crippen LogP) is 3.15. The summed E-state index contributed by atoms with van der Waals surface area (Å²) in [4.78, 5) is 5.39. The van der Waals surface area contributed by atoms with Gasteiger partial charge in [0.15, 0.2) is 6.10 Å². The number of ether oxygens (including phenoxy) is 1. The van der Waals surface area contributed by atoms with Crippen LogP contribution in [0.15, 0.2) is 41.6 Å². The Morgan fingerprint density at radius 3 is 2.65 bits per heavy atom. The first-order valence-corrected chi connectivity index (χ1v) is 5.83. The van der Waals surface area contributed by atoms with Gasteiger partial charge in [-0.05, 0) is 30.7 Å². The Kier molecular flexibility index (Phi) is 3.47. The Morgan fingerprint density at radius 1 is 1.35 bits per heavy atom. The molecule has 1 unspecified atom stereocenters. The molecule has 90 valence electrons. The first-order chi connectivity index (χ1) is 8.26. The summed E-state index contributed by atoms with van der Waals surface area (Å²) in [6, 6.07) is 7.78. The Bertz CT molecular complexity index is 434. The van der Waals surface area contributed by atoms with E-state index in [1.54, 1.807) is 7.11 Å². The predicted molar refractivity (Wildman–Crippen MR) is 68.5 cm³/mol.